The molecule has 0 amide bonds. The van der Waals surface area contributed by atoms with Gasteiger partial charge in [-0.1, -0.05) is 146 Å². The average Bonchev–Trinajstić information content (AvgIpc) is 3.76. The zero-order valence-electron chi connectivity index (χ0n) is 29.1. The molecule has 9 aromatic carbocycles. The molecule has 250 valence electrons. The van der Waals surface area contributed by atoms with Gasteiger partial charge < -0.3 is 4.57 Å². The van der Waals surface area contributed by atoms with Crippen molar-refractivity contribution in [2.24, 2.45) is 0 Å². The predicted octanol–water partition coefficient (Wildman–Crippen LogP) is 13.0. The van der Waals surface area contributed by atoms with Crippen molar-refractivity contribution in [2.45, 2.75) is 0 Å². The number of para-hydroxylation sites is 3. The molecular formula is C50H30N4. The molecule has 0 bridgehead atoms. The average molecular weight is 687 g/mol. The van der Waals surface area contributed by atoms with Crippen molar-refractivity contribution in [3.63, 3.8) is 0 Å². The number of rotatable bonds is 3. The van der Waals surface area contributed by atoms with E-state index < -0.39 is 0 Å². The minimum Gasteiger partial charge on any atom is -0.309 e. The van der Waals surface area contributed by atoms with Crippen molar-refractivity contribution in [2.75, 3.05) is 0 Å². The Kier molecular flexibility index (Phi) is 6.02. The van der Waals surface area contributed by atoms with Crippen molar-refractivity contribution < 1.29 is 0 Å². The summed E-state index contributed by atoms with van der Waals surface area (Å²) in [5.41, 5.74) is 8.52. The van der Waals surface area contributed by atoms with E-state index in [1.165, 1.54) is 53.9 Å². The van der Waals surface area contributed by atoms with Crippen LogP contribution in [0, 0.1) is 0 Å². The van der Waals surface area contributed by atoms with Gasteiger partial charge in [-0.15, -0.1) is 0 Å². The van der Waals surface area contributed by atoms with Gasteiger partial charge in [0.15, 0.2) is 0 Å². The van der Waals surface area contributed by atoms with Gasteiger partial charge in [-0.05, 0) is 68.7 Å². The second-order valence-corrected chi connectivity index (χ2v) is 14.1. The molecular weight excluding hydrogens is 657 g/mol. The highest BCUT2D eigenvalue weighted by molar-refractivity contribution is 6.27. The molecule has 3 heterocycles. The second-order valence-electron chi connectivity index (χ2n) is 14.1. The maximum absolute atomic E-state index is 5.40. The van der Waals surface area contributed by atoms with Crippen molar-refractivity contribution >= 4 is 86.8 Å². The first-order valence-electron chi connectivity index (χ1n) is 18.4. The van der Waals surface area contributed by atoms with Crippen LogP contribution in [0.15, 0.2) is 182 Å². The van der Waals surface area contributed by atoms with Gasteiger partial charge in [0.2, 0.25) is 5.95 Å². The first-order valence-corrected chi connectivity index (χ1v) is 18.4. The van der Waals surface area contributed by atoms with Crippen molar-refractivity contribution in [3.05, 3.63) is 182 Å². The van der Waals surface area contributed by atoms with Crippen LogP contribution in [0.5, 0.6) is 0 Å². The number of nitrogens with zero attached hydrogens (tertiary/aromatic N) is 4. The maximum atomic E-state index is 5.40. The van der Waals surface area contributed by atoms with Gasteiger partial charge in [-0.25, -0.2) is 9.97 Å². The lowest BCUT2D eigenvalue weighted by atomic mass is 9.94. The lowest BCUT2D eigenvalue weighted by Gasteiger charge is -2.14. The molecule has 0 spiro atoms. The molecule has 4 heteroatoms. The van der Waals surface area contributed by atoms with Crippen molar-refractivity contribution in [3.8, 4) is 22.9 Å². The van der Waals surface area contributed by atoms with Crippen LogP contribution in [0.1, 0.15) is 0 Å². The molecule has 12 rings (SSSR count). The third kappa shape index (κ3) is 4.02. The minimum atomic E-state index is 0.659. The summed E-state index contributed by atoms with van der Waals surface area (Å²) in [6.45, 7) is 0. The molecule has 54 heavy (non-hydrogen) atoms. The monoisotopic (exact) mass is 686 g/mol. The Morgan fingerprint density at radius 2 is 0.870 bits per heavy atom. The molecule has 0 aliphatic rings. The fourth-order valence-corrected chi connectivity index (χ4v) is 9.01. The van der Waals surface area contributed by atoms with E-state index in [4.69, 9.17) is 9.97 Å². The fourth-order valence-electron chi connectivity index (χ4n) is 9.01. The standard InChI is InChI=1S/C50H30N4/c1-2-14-31(15-3-1)48-40-21-8-11-23-43(40)51-50(52-48)54-44-24-12-9-20-38(44)39-28-29-46-47(49(39)54)41-22-10-13-25-45(41)53(46)32-26-27-37-35-18-5-4-16-33(35)34-17-6-7-19-36(34)42(37)30-32/h1-30H. The Balaban J connectivity index is 1.21. The third-order valence-electron chi connectivity index (χ3n) is 11.3. The zero-order valence-corrected chi connectivity index (χ0v) is 29.1. The van der Waals surface area contributed by atoms with Crippen LogP contribution in [0.4, 0.5) is 0 Å². The molecule has 0 atom stereocenters. The molecule has 0 radical (unpaired) electrons. The zero-order chi connectivity index (χ0) is 35.3. The van der Waals surface area contributed by atoms with Crippen LogP contribution in [0.2, 0.25) is 0 Å². The van der Waals surface area contributed by atoms with E-state index >= 15 is 0 Å². The molecule has 0 aliphatic carbocycles. The molecule has 4 nitrogen and oxygen atoms in total. The minimum absolute atomic E-state index is 0.659. The summed E-state index contributed by atoms with van der Waals surface area (Å²) in [6.07, 6.45) is 0. The molecule has 0 unspecified atom stereocenters. The van der Waals surface area contributed by atoms with Gasteiger partial charge in [0.1, 0.15) is 0 Å². The van der Waals surface area contributed by atoms with Crippen molar-refractivity contribution in [1.82, 2.24) is 19.1 Å². The van der Waals surface area contributed by atoms with Gasteiger partial charge in [0.05, 0.1) is 33.3 Å². The van der Waals surface area contributed by atoms with Gasteiger partial charge in [-0.3, -0.25) is 4.57 Å². The summed E-state index contributed by atoms with van der Waals surface area (Å²) in [5, 5.41) is 13.4. The molecule has 0 saturated carbocycles. The Labute approximate surface area is 309 Å². The van der Waals surface area contributed by atoms with Crippen LogP contribution in [-0.2, 0) is 0 Å². The maximum Gasteiger partial charge on any atom is 0.235 e. The van der Waals surface area contributed by atoms with E-state index in [9.17, 15) is 0 Å². The summed E-state index contributed by atoms with van der Waals surface area (Å²) in [6, 6.07) is 65.4. The highest BCUT2D eigenvalue weighted by atomic mass is 15.2. The number of aromatic nitrogens is 4. The first kappa shape index (κ1) is 29.3. The Bertz CT molecular complexity index is 3460. The fraction of sp³-hybridized carbons (Fsp3) is 0. The van der Waals surface area contributed by atoms with E-state index in [0.717, 1.165) is 49.9 Å². The summed E-state index contributed by atoms with van der Waals surface area (Å²) < 4.78 is 4.73. The van der Waals surface area contributed by atoms with E-state index in [0.29, 0.717) is 5.95 Å². The number of hydrogen-bond donors (Lipinski definition) is 0. The highest BCUT2D eigenvalue weighted by Gasteiger charge is 2.23. The van der Waals surface area contributed by atoms with Gasteiger partial charge in [-0.2, -0.15) is 0 Å². The SMILES string of the molecule is c1ccc(-c2nc(-n3c4ccccc4c4ccc5c(c6ccccc6n5-c5ccc6c7ccccc7c7ccccc7c6c5)c43)nc3ccccc23)cc1. The second kappa shape index (κ2) is 11.1. The Morgan fingerprint density at radius 1 is 0.333 bits per heavy atom. The summed E-state index contributed by atoms with van der Waals surface area (Å²) >= 11 is 0. The van der Waals surface area contributed by atoms with E-state index in [-0.39, 0.29) is 0 Å². The quantitative estimate of drug-likeness (QED) is 0.173. The summed E-state index contributed by atoms with van der Waals surface area (Å²) in [7, 11) is 0. The lowest BCUT2D eigenvalue weighted by Crippen LogP contribution is -2.03. The molecule has 0 aliphatic heterocycles. The summed E-state index contributed by atoms with van der Waals surface area (Å²) in [5.74, 6) is 0.659. The normalized spacial score (nSPS) is 12.1. The smallest absolute Gasteiger partial charge is 0.235 e. The molecule has 0 saturated heterocycles. The van der Waals surface area contributed by atoms with Gasteiger partial charge >= 0.3 is 0 Å². The molecule has 0 N–H and O–H groups in total. The van der Waals surface area contributed by atoms with Crippen LogP contribution < -0.4 is 0 Å². The largest absolute Gasteiger partial charge is 0.309 e. The van der Waals surface area contributed by atoms with Crippen molar-refractivity contribution in [1.29, 1.82) is 0 Å². The predicted molar refractivity (Wildman–Crippen MR) is 226 cm³/mol. The number of fused-ring (bicyclic) bond motifs is 14. The van der Waals surface area contributed by atoms with E-state index in [1.54, 1.807) is 0 Å². The molecule has 12 aromatic rings. The lowest BCUT2D eigenvalue weighted by molar-refractivity contribution is 1.02. The number of benzene rings is 9. The van der Waals surface area contributed by atoms with Crippen LogP contribution in [-0.4, -0.2) is 19.1 Å². The van der Waals surface area contributed by atoms with Gasteiger partial charge in [0, 0.05) is 38.2 Å². The number of hydrogen-bond acceptors (Lipinski definition) is 2. The third-order valence-corrected chi connectivity index (χ3v) is 11.3. The molecule has 3 aromatic heterocycles. The first-order chi connectivity index (χ1) is 26.8. The van der Waals surface area contributed by atoms with Crippen LogP contribution in [0.25, 0.3) is 110 Å². The van der Waals surface area contributed by atoms with E-state index in [2.05, 4.69) is 185 Å². The van der Waals surface area contributed by atoms with Gasteiger partial charge in [0.25, 0.3) is 0 Å². The highest BCUT2D eigenvalue weighted by Crippen LogP contribution is 2.43. The summed E-state index contributed by atoms with van der Waals surface area (Å²) in [4.78, 5) is 10.7. The molecule has 0 fully saturated rings. The van der Waals surface area contributed by atoms with Crippen LogP contribution >= 0.6 is 0 Å². The Hall–Kier alpha value is -7.30. The Morgan fingerprint density at radius 3 is 1.59 bits per heavy atom. The van der Waals surface area contributed by atoms with Crippen LogP contribution in [0.3, 0.4) is 0 Å². The topological polar surface area (TPSA) is 35.6 Å². The van der Waals surface area contributed by atoms with E-state index in [1.807, 2.05) is 6.07 Å².